The number of hydrogen-bond donors (Lipinski definition) is 1. The lowest BCUT2D eigenvalue weighted by Crippen LogP contribution is -2.57. The zero-order valence-electron chi connectivity index (χ0n) is 13.7. The fourth-order valence-electron chi connectivity index (χ4n) is 2.57. The Kier molecular flexibility index (Phi) is 7.40. The Hall–Kier alpha value is -1.39. The first-order valence-corrected chi connectivity index (χ1v) is 7.84. The molecule has 1 rings (SSSR count). The topological polar surface area (TPSA) is 41.6 Å². The number of rotatable bonds is 9. The van der Waals surface area contributed by atoms with Crippen LogP contribution < -0.4 is 5.32 Å². The van der Waals surface area contributed by atoms with E-state index in [1.54, 1.807) is 0 Å². The summed E-state index contributed by atoms with van der Waals surface area (Å²) in [5.74, 6) is -0.204. The second kappa shape index (κ2) is 8.80. The third-order valence-electron chi connectivity index (χ3n) is 3.72. The van der Waals surface area contributed by atoms with Crippen molar-refractivity contribution >= 4 is 5.97 Å². The molecule has 0 aliphatic rings. The van der Waals surface area contributed by atoms with Crippen LogP contribution in [0.2, 0.25) is 0 Å². The summed E-state index contributed by atoms with van der Waals surface area (Å²) >= 11 is 0. The van der Waals surface area contributed by atoms with Crippen molar-refractivity contribution in [2.24, 2.45) is 0 Å². The summed E-state index contributed by atoms with van der Waals surface area (Å²) in [5, 5.41) is 3.38. The second-order valence-electron chi connectivity index (χ2n) is 4.98. The van der Waals surface area contributed by atoms with Crippen LogP contribution in [0.5, 0.6) is 0 Å². The van der Waals surface area contributed by atoms with Gasteiger partial charge in [-0.15, -0.1) is 0 Å². The number of carbonyl (C=O) groups is 1. The number of hydrogen-bond acceptors (Lipinski definition) is 4. The highest BCUT2D eigenvalue weighted by Gasteiger charge is 2.42. The van der Waals surface area contributed by atoms with Gasteiger partial charge in [-0.1, -0.05) is 51.1 Å². The summed E-state index contributed by atoms with van der Waals surface area (Å²) in [7, 11) is 0. The van der Waals surface area contributed by atoms with Crippen LogP contribution in [0.4, 0.5) is 0 Å². The minimum Gasteiger partial charge on any atom is -0.464 e. The highest BCUT2D eigenvalue weighted by Crippen LogP contribution is 2.24. The molecule has 118 valence electrons. The van der Waals surface area contributed by atoms with Crippen LogP contribution in [0.25, 0.3) is 0 Å². The Balaban J connectivity index is 3.24. The molecule has 0 spiro atoms. The molecule has 0 aliphatic carbocycles. The van der Waals surface area contributed by atoms with Gasteiger partial charge >= 0.3 is 5.97 Å². The number of benzene rings is 1. The molecule has 4 heteroatoms. The Morgan fingerprint density at radius 1 is 1.14 bits per heavy atom. The van der Waals surface area contributed by atoms with Gasteiger partial charge in [-0.05, 0) is 32.1 Å². The molecule has 1 unspecified atom stereocenters. The molecule has 0 aliphatic heterocycles. The van der Waals surface area contributed by atoms with Crippen molar-refractivity contribution in [3.8, 4) is 0 Å². The molecule has 1 N–H and O–H groups in total. The van der Waals surface area contributed by atoms with E-state index in [0.29, 0.717) is 19.7 Å². The highest BCUT2D eigenvalue weighted by atomic mass is 16.5. The summed E-state index contributed by atoms with van der Waals surface area (Å²) in [6.07, 6.45) is 0. The average Bonchev–Trinajstić information content (AvgIpc) is 2.52. The number of carbonyl (C=O) groups excluding carboxylic acids is 1. The quantitative estimate of drug-likeness (QED) is 0.710. The van der Waals surface area contributed by atoms with E-state index in [9.17, 15) is 4.79 Å². The maximum absolute atomic E-state index is 12.7. The van der Waals surface area contributed by atoms with Crippen molar-refractivity contribution in [2.75, 3.05) is 32.8 Å². The predicted molar refractivity (Wildman–Crippen MR) is 86.2 cm³/mol. The lowest BCUT2D eigenvalue weighted by atomic mass is 9.88. The summed E-state index contributed by atoms with van der Waals surface area (Å²) in [6, 6.07) is 9.86. The molecular weight excluding hydrogens is 264 g/mol. The lowest BCUT2D eigenvalue weighted by Gasteiger charge is -2.36. The highest BCUT2D eigenvalue weighted by molar-refractivity contribution is 5.83. The normalized spacial score (nSPS) is 14.0. The fraction of sp³-hybridized carbons (Fsp3) is 0.588. The molecule has 0 fully saturated rings. The van der Waals surface area contributed by atoms with Gasteiger partial charge < -0.3 is 9.64 Å². The van der Waals surface area contributed by atoms with Crippen LogP contribution >= 0.6 is 0 Å². The van der Waals surface area contributed by atoms with Crippen LogP contribution in [-0.2, 0) is 15.1 Å². The molecule has 0 radical (unpaired) electrons. The largest absolute Gasteiger partial charge is 0.464 e. The van der Waals surface area contributed by atoms with Gasteiger partial charge in [-0.3, -0.25) is 5.32 Å². The third-order valence-corrected chi connectivity index (χ3v) is 3.72. The van der Waals surface area contributed by atoms with Crippen LogP contribution in [0.15, 0.2) is 30.3 Å². The fourth-order valence-corrected chi connectivity index (χ4v) is 2.57. The van der Waals surface area contributed by atoms with E-state index in [4.69, 9.17) is 4.74 Å². The van der Waals surface area contributed by atoms with Crippen LogP contribution in [-0.4, -0.2) is 43.7 Å². The maximum Gasteiger partial charge on any atom is 0.332 e. The molecular formula is C17H28N2O2. The van der Waals surface area contributed by atoms with Gasteiger partial charge in [0.15, 0.2) is 5.54 Å². The SMILES string of the molecule is CCNC(CN(CC)CC)(C(=O)OCC)c1ccccc1. The first-order chi connectivity index (χ1) is 10.1. The third kappa shape index (κ3) is 4.29. The van der Waals surface area contributed by atoms with E-state index >= 15 is 0 Å². The van der Waals surface area contributed by atoms with Gasteiger partial charge in [0.2, 0.25) is 0 Å². The van der Waals surface area contributed by atoms with Crippen molar-refractivity contribution in [1.29, 1.82) is 0 Å². The Bertz CT molecular complexity index is 418. The van der Waals surface area contributed by atoms with Gasteiger partial charge in [0.05, 0.1) is 6.61 Å². The first-order valence-electron chi connectivity index (χ1n) is 7.84. The Morgan fingerprint density at radius 2 is 1.76 bits per heavy atom. The van der Waals surface area contributed by atoms with Gasteiger partial charge in [0.1, 0.15) is 0 Å². The molecule has 0 saturated heterocycles. The summed E-state index contributed by atoms with van der Waals surface area (Å²) < 4.78 is 5.38. The molecule has 0 heterocycles. The number of nitrogens with one attached hydrogen (secondary N) is 1. The van der Waals surface area contributed by atoms with Crippen LogP contribution in [0.3, 0.4) is 0 Å². The summed E-state index contributed by atoms with van der Waals surface area (Å²) in [4.78, 5) is 15.0. The monoisotopic (exact) mass is 292 g/mol. The van der Waals surface area contributed by atoms with Crippen LogP contribution in [0.1, 0.15) is 33.3 Å². The molecule has 0 amide bonds. The maximum atomic E-state index is 12.7. The van der Waals surface area contributed by atoms with Crippen molar-refractivity contribution in [2.45, 2.75) is 33.2 Å². The second-order valence-corrected chi connectivity index (χ2v) is 4.98. The Labute approximate surface area is 128 Å². The minimum absolute atomic E-state index is 0.204. The predicted octanol–water partition coefficient (Wildman–Crippen LogP) is 2.40. The van der Waals surface area contributed by atoms with Gasteiger partial charge in [-0.25, -0.2) is 4.79 Å². The van der Waals surface area contributed by atoms with Crippen molar-refractivity contribution in [3.05, 3.63) is 35.9 Å². The van der Waals surface area contributed by atoms with E-state index in [2.05, 4.69) is 24.1 Å². The number of nitrogens with zero attached hydrogens (tertiary/aromatic N) is 1. The lowest BCUT2D eigenvalue weighted by molar-refractivity contribution is -0.152. The molecule has 1 atom stereocenters. The first kappa shape index (κ1) is 17.7. The smallest absolute Gasteiger partial charge is 0.332 e. The molecule has 21 heavy (non-hydrogen) atoms. The number of esters is 1. The molecule has 1 aromatic rings. The zero-order valence-corrected chi connectivity index (χ0v) is 13.7. The number of ether oxygens (including phenoxy) is 1. The molecule has 0 bridgehead atoms. The molecule has 0 saturated carbocycles. The summed E-state index contributed by atoms with van der Waals surface area (Å²) in [6.45, 7) is 11.6. The minimum atomic E-state index is -0.808. The average molecular weight is 292 g/mol. The molecule has 4 nitrogen and oxygen atoms in total. The Morgan fingerprint density at radius 3 is 2.24 bits per heavy atom. The van der Waals surface area contributed by atoms with Crippen molar-refractivity contribution in [3.63, 3.8) is 0 Å². The van der Waals surface area contributed by atoms with Gasteiger partial charge in [-0.2, -0.15) is 0 Å². The summed E-state index contributed by atoms with van der Waals surface area (Å²) in [5.41, 5.74) is 0.148. The van der Waals surface area contributed by atoms with Crippen molar-refractivity contribution < 1.29 is 9.53 Å². The van der Waals surface area contributed by atoms with E-state index < -0.39 is 5.54 Å². The van der Waals surface area contributed by atoms with E-state index in [1.165, 1.54) is 0 Å². The van der Waals surface area contributed by atoms with Crippen LogP contribution in [0, 0.1) is 0 Å². The standard InChI is InChI=1S/C17H28N2O2/c1-5-18-17(16(20)21-8-4,14-19(6-2)7-3)15-12-10-9-11-13-15/h9-13,18H,5-8,14H2,1-4H3. The molecule has 0 aromatic heterocycles. The van der Waals surface area contributed by atoms with E-state index in [0.717, 1.165) is 18.7 Å². The van der Waals surface area contributed by atoms with E-state index in [-0.39, 0.29) is 5.97 Å². The van der Waals surface area contributed by atoms with Gasteiger partial charge in [0.25, 0.3) is 0 Å². The molecule has 1 aromatic carbocycles. The zero-order chi connectivity index (χ0) is 15.7. The van der Waals surface area contributed by atoms with E-state index in [1.807, 2.05) is 44.2 Å². The number of likely N-dealkylation sites (N-methyl/N-ethyl adjacent to an activating group) is 2. The van der Waals surface area contributed by atoms with Gasteiger partial charge in [0, 0.05) is 6.54 Å². The van der Waals surface area contributed by atoms with Crippen molar-refractivity contribution in [1.82, 2.24) is 10.2 Å².